The van der Waals surface area contributed by atoms with Gasteiger partial charge >= 0.3 is 0 Å². The number of aliphatic hydroxyl groups excluding tert-OH is 5. The molecule has 0 aliphatic carbocycles. The molecule has 5 N–H and O–H groups in total. The molecule has 0 radical (unpaired) electrons. The summed E-state index contributed by atoms with van der Waals surface area (Å²) >= 11 is 6.38. The smallest absolute Gasteiger partial charge is 0.119 e. The molecule has 0 unspecified atom stereocenters. The second-order valence-corrected chi connectivity index (χ2v) is 8.20. The molecule has 1 fully saturated rings. The van der Waals surface area contributed by atoms with Crippen molar-refractivity contribution in [3.8, 4) is 5.75 Å². The number of hydrogen-bond donors (Lipinski definition) is 5. The van der Waals surface area contributed by atoms with E-state index in [1.54, 1.807) is 18.2 Å². The first kappa shape index (κ1) is 23.9. The van der Waals surface area contributed by atoms with Gasteiger partial charge in [0, 0.05) is 5.02 Å². The van der Waals surface area contributed by atoms with Crippen LogP contribution < -0.4 is 4.74 Å². The average Bonchev–Trinajstić information content (AvgIpc) is 2.78. The largest absolute Gasteiger partial charge is 0.491 e. The minimum absolute atomic E-state index is 0.239. The first-order valence-corrected chi connectivity index (χ1v) is 10.7. The Morgan fingerprint density at radius 1 is 1.03 bits per heavy atom. The molecular weight excluding hydrogens is 424 g/mol. The van der Waals surface area contributed by atoms with E-state index in [-0.39, 0.29) is 6.61 Å². The van der Waals surface area contributed by atoms with Crippen molar-refractivity contribution in [2.24, 2.45) is 0 Å². The lowest BCUT2D eigenvalue weighted by Crippen LogP contribution is -2.55. The van der Waals surface area contributed by atoms with E-state index in [4.69, 9.17) is 21.1 Å². The number of hydrogen-bond acceptors (Lipinski definition) is 7. The maximum absolute atomic E-state index is 10.4. The molecule has 1 aliphatic heterocycles. The molecule has 170 valence electrons. The molecule has 3 rings (SSSR count). The van der Waals surface area contributed by atoms with E-state index in [2.05, 4.69) is 0 Å². The molecule has 0 saturated carbocycles. The zero-order valence-corrected chi connectivity index (χ0v) is 18.0. The van der Waals surface area contributed by atoms with Crippen molar-refractivity contribution in [3.63, 3.8) is 0 Å². The van der Waals surface area contributed by atoms with Gasteiger partial charge in [-0.25, -0.2) is 0 Å². The highest BCUT2D eigenvalue weighted by Crippen LogP contribution is 2.34. The summed E-state index contributed by atoms with van der Waals surface area (Å²) in [5.41, 5.74) is 2.37. The van der Waals surface area contributed by atoms with Crippen LogP contribution in [0.5, 0.6) is 5.75 Å². The van der Waals surface area contributed by atoms with E-state index < -0.39 is 43.2 Å². The van der Waals surface area contributed by atoms with E-state index in [1.807, 2.05) is 31.2 Å². The first-order chi connectivity index (χ1) is 14.8. The zero-order chi connectivity index (χ0) is 22.5. The lowest BCUT2D eigenvalue weighted by Gasteiger charge is -2.40. The Balaban J connectivity index is 1.74. The fraction of sp³-hybridized carbons (Fsp3) is 0.478. The molecule has 2 aromatic carbocycles. The van der Waals surface area contributed by atoms with Crippen LogP contribution in [0.3, 0.4) is 0 Å². The van der Waals surface area contributed by atoms with E-state index in [9.17, 15) is 25.5 Å². The van der Waals surface area contributed by atoms with Crippen LogP contribution in [0.1, 0.15) is 36.1 Å². The van der Waals surface area contributed by atoms with E-state index in [1.165, 1.54) is 0 Å². The molecule has 31 heavy (non-hydrogen) atoms. The highest BCUT2D eigenvalue weighted by atomic mass is 35.5. The summed E-state index contributed by atoms with van der Waals surface area (Å²) in [5.74, 6) is 0.664. The minimum Gasteiger partial charge on any atom is -0.491 e. The van der Waals surface area contributed by atoms with E-state index in [0.717, 1.165) is 11.1 Å². The molecule has 0 bridgehead atoms. The number of benzene rings is 2. The highest BCUT2D eigenvalue weighted by Gasteiger charge is 2.44. The third kappa shape index (κ3) is 5.75. The molecule has 0 spiro atoms. The summed E-state index contributed by atoms with van der Waals surface area (Å²) in [6.07, 6.45) is -5.42. The van der Waals surface area contributed by atoms with Crippen molar-refractivity contribution in [3.05, 3.63) is 64.2 Å². The van der Waals surface area contributed by atoms with Gasteiger partial charge in [-0.1, -0.05) is 42.8 Å². The number of halogens is 1. The predicted molar refractivity (Wildman–Crippen MR) is 115 cm³/mol. The standard InChI is InChI=1S/C23H29ClO7/c1-2-16(26)12-30-17-6-3-13(4-7-17)9-15-10-14(5-8-18(15)24)23-22(29)21(28)20(27)19(11-25)31-23/h3-8,10,16,19-23,25-29H,2,9,11-12H2,1H3/t16-,19+,20+,21-,22+,23-/m0/s1. The Kier molecular flexibility index (Phi) is 8.30. The van der Waals surface area contributed by atoms with Crippen LogP contribution in [-0.4, -0.2) is 69.3 Å². The van der Waals surface area contributed by atoms with Gasteiger partial charge in [-0.3, -0.25) is 0 Å². The molecule has 1 saturated heterocycles. The quantitative estimate of drug-likeness (QED) is 0.412. The molecule has 8 heteroatoms. The lowest BCUT2D eigenvalue weighted by atomic mass is 9.90. The van der Waals surface area contributed by atoms with Crippen molar-refractivity contribution in [2.75, 3.05) is 13.2 Å². The van der Waals surface area contributed by atoms with Gasteiger partial charge in [0.05, 0.1) is 12.7 Å². The van der Waals surface area contributed by atoms with Gasteiger partial charge in [-0.05, 0) is 47.7 Å². The van der Waals surface area contributed by atoms with Gasteiger partial charge in [-0.2, -0.15) is 0 Å². The summed E-state index contributed by atoms with van der Waals surface area (Å²) in [5, 5.41) is 50.0. The normalized spacial score (nSPS) is 27.1. The van der Waals surface area contributed by atoms with E-state index in [0.29, 0.717) is 29.2 Å². The van der Waals surface area contributed by atoms with Crippen molar-refractivity contribution in [1.82, 2.24) is 0 Å². The van der Waals surface area contributed by atoms with Crippen molar-refractivity contribution in [2.45, 2.75) is 56.4 Å². The first-order valence-electron chi connectivity index (χ1n) is 10.3. The Morgan fingerprint density at radius 2 is 1.74 bits per heavy atom. The van der Waals surface area contributed by atoms with Crippen LogP contribution in [0.2, 0.25) is 5.02 Å². The Hall–Kier alpha value is -1.71. The van der Waals surface area contributed by atoms with Crippen molar-refractivity contribution < 1.29 is 35.0 Å². The van der Waals surface area contributed by atoms with Crippen LogP contribution in [0.25, 0.3) is 0 Å². The Morgan fingerprint density at radius 3 is 2.39 bits per heavy atom. The summed E-state index contributed by atoms with van der Waals surface area (Å²) in [6.45, 7) is 1.65. The molecular formula is C23H29ClO7. The summed E-state index contributed by atoms with van der Waals surface area (Å²) in [4.78, 5) is 0. The van der Waals surface area contributed by atoms with Crippen LogP contribution >= 0.6 is 11.6 Å². The Labute approximate surface area is 186 Å². The van der Waals surface area contributed by atoms with Crippen LogP contribution in [0, 0.1) is 0 Å². The summed E-state index contributed by atoms with van der Waals surface area (Å²) < 4.78 is 11.2. The predicted octanol–water partition coefficient (Wildman–Crippen LogP) is 1.60. The number of aliphatic hydroxyl groups is 5. The molecule has 0 amide bonds. The second kappa shape index (κ2) is 10.7. The maximum Gasteiger partial charge on any atom is 0.119 e. The van der Waals surface area contributed by atoms with Crippen LogP contribution in [0.15, 0.2) is 42.5 Å². The van der Waals surface area contributed by atoms with Crippen molar-refractivity contribution >= 4 is 11.6 Å². The zero-order valence-electron chi connectivity index (χ0n) is 17.3. The fourth-order valence-electron chi connectivity index (χ4n) is 3.52. The van der Waals surface area contributed by atoms with Gasteiger partial charge in [0.2, 0.25) is 0 Å². The average molecular weight is 453 g/mol. The summed E-state index contributed by atoms with van der Waals surface area (Å²) in [7, 11) is 0. The Bertz CT molecular complexity index is 842. The summed E-state index contributed by atoms with van der Waals surface area (Å²) in [6, 6.07) is 12.6. The second-order valence-electron chi connectivity index (χ2n) is 7.79. The molecule has 1 aliphatic rings. The molecule has 6 atom stereocenters. The van der Waals surface area contributed by atoms with Crippen molar-refractivity contribution in [1.29, 1.82) is 0 Å². The van der Waals surface area contributed by atoms with Gasteiger partial charge < -0.3 is 35.0 Å². The highest BCUT2D eigenvalue weighted by molar-refractivity contribution is 6.31. The minimum atomic E-state index is -1.44. The third-order valence-corrected chi connectivity index (χ3v) is 5.89. The van der Waals surface area contributed by atoms with Gasteiger partial charge in [0.25, 0.3) is 0 Å². The topological polar surface area (TPSA) is 120 Å². The molecule has 7 nitrogen and oxygen atoms in total. The maximum atomic E-state index is 10.4. The van der Waals surface area contributed by atoms with Gasteiger partial charge in [0.15, 0.2) is 0 Å². The van der Waals surface area contributed by atoms with Gasteiger partial charge in [-0.15, -0.1) is 0 Å². The lowest BCUT2D eigenvalue weighted by molar-refractivity contribution is -0.231. The monoisotopic (exact) mass is 452 g/mol. The molecule has 1 heterocycles. The fourth-order valence-corrected chi connectivity index (χ4v) is 3.70. The number of ether oxygens (including phenoxy) is 2. The molecule has 0 aromatic heterocycles. The SMILES string of the molecule is CC[C@H](O)COc1ccc(Cc2cc([C@@H]3O[C@H](CO)[C@@H](O)[C@H](O)[C@H]3O)ccc2Cl)cc1. The van der Waals surface area contributed by atoms with Crippen LogP contribution in [0.4, 0.5) is 0 Å². The molecule has 2 aromatic rings. The van der Waals surface area contributed by atoms with Crippen LogP contribution in [-0.2, 0) is 11.2 Å². The van der Waals surface area contributed by atoms with E-state index >= 15 is 0 Å². The third-order valence-electron chi connectivity index (χ3n) is 5.52. The van der Waals surface area contributed by atoms with Gasteiger partial charge in [0.1, 0.15) is 42.9 Å². The number of rotatable bonds is 8.